The molecule has 0 saturated carbocycles. The molecule has 0 unspecified atom stereocenters. The van der Waals surface area contributed by atoms with E-state index in [1.54, 1.807) is 4.68 Å². The molecule has 0 radical (unpaired) electrons. The maximum absolute atomic E-state index is 13.0. The van der Waals surface area contributed by atoms with Crippen LogP contribution in [0.3, 0.4) is 0 Å². The van der Waals surface area contributed by atoms with Gasteiger partial charge in [-0.05, 0) is 44.5 Å². The highest BCUT2D eigenvalue weighted by Gasteiger charge is 2.21. The first kappa shape index (κ1) is 21.7. The molecule has 0 aliphatic heterocycles. The first-order valence-electron chi connectivity index (χ1n) is 10.3. The van der Waals surface area contributed by atoms with Gasteiger partial charge in [0.1, 0.15) is 0 Å². The van der Waals surface area contributed by atoms with Crippen molar-refractivity contribution >= 4 is 17.7 Å². The third-order valence-corrected chi connectivity index (χ3v) is 5.71. The molecule has 4 rings (SSSR count). The van der Waals surface area contributed by atoms with Gasteiger partial charge in [-0.25, -0.2) is 14.6 Å². The van der Waals surface area contributed by atoms with Crippen LogP contribution in [0.4, 0.5) is 0 Å². The van der Waals surface area contributed by atoms with Crippen LogP contribution in [-0.4, -0.2) is 30.9 Å². The fourth-order valence-electron chi connectivity index (χ4n) is 3.25. The van der Waals surface area contributed by atoms with Crippen molar-refractivity contribution in [2.75, 3.05) is 0 Å². The lowest BCUT2D eigenvalue weighted by Crippen LogP contribution is -2.24. The van der Waals surface area contributed by atoms with Gasteiger partial charge in [-0.3, -0.25) is 4.79 Å². The number of aromatic nitrogens is 5. The highest BCUT2D eigenvalue weighted by Crippen LogP contribution is 2.23. The van der Waals surface area contributed by atoms with E-state index >= 15 is 0 Å². The summed E-state index contributed by atoms with van der Waals surface area (Å²) in [6, 6.07) is 19.7. The molecular formula is C24H24N6OS. The average molecular weight is 445 g/mol. The Hall–Kier alpha value is -3.52. The number of para-hydroxylation sites is 1. The third-order valence-electron chi connectivity index (χ3n) is 4.85. The van der Waals surface area contributed by atoms with Crippen molar-refractivity contribution in [3.05, 3.63) is 94.6 Å². The summed E-state index contributed by atoms with van der Waals surface area (Å²) >= 11 is 1.46. The van der Waals surface area contributed by atoms with Crippen LogP contribution in [-0.2, 0) is 12.3 Å². The van der Waals surface area contributed by atoms with E-state index in [1.807, 2.05) is 81.4 Å². The maximum Gasteiger partial charge on any atom is 0.274 e. The maximum atomic E-state index is 13.0. The molecule has 2 aromatic heterocycles. The first-order valence-corrected chi connectivity index (χ1v) is 11.3. The summed E-state index contributed by atoms with van der Waals surface area (Å²) in [5.41, 5.74) is 5.87. The number of benzene rings is 2. The molecule has 4 aromatic rings. The van der Waals surface area contributed by atoms with Crippen LogP contribution < -0.4 is 5.32 Å². The molecule has 0 saturated heterocycles. The van der Waals surface area contributed by atoms with Gasteiger partial charge in [0.05, 0.1) is 11.4 Å². The van der Waals surface area contributed by atoms with Crippen molar-refractivity contribution in [3.63, 3.8) is 0 Å². The minimum absolute atomic E-state index is 0.260. The summed E-state index contributed by atoms with van der Waals surface area (Å²) in [6.45, 7) is 6.34. The number of nitrogens with one attached hydrogen (secondary N) is 1. The molecule has 0 bridgehead atoms. The zero-order valence-corrected chi connectivity index (χ0v) is 19.1. The topological polar surface area (TPSA) is 85.6 Å². The standard InChI is InChI=1S/C24H24N6OS/c1-16-9-11-19(12-10-16)14-25-23(31)22-21(15-32-24-26-17(2)13-18(3)27-24)30(29-28-22)20-7-5-4-6-8-20/h4-13H,14-15H2,1-3H3,(H,25,31). The predicted octanol–water partition coefficient (Wildman–Crippen LogP) is 4.20. The molecule has 7 nitrogen and oxygen atoms in total. The van der Waals surface area contributed by atoms with E-state index in [2.05, 4.69) is 25.6 Å². The Labute approximate surface area is 191 Å². The van der Waals surface area contributed by atoms with Gasteiger partial charge in [-0.1, -0.05) is 65.0 Å². The first-order chi connectivity index (χ1) is 15.5. The van der Waals surface area contributed by atoms with Crippen molar-refractivity contribution in [3.8, 4) is 5.69 Å². The Morgan fingerprint density at radius 1 is 0.969 bits per heavy atom. The second-order valence-electron chi connectivity index (χ2n) is 7.52. The second-order valence-corrected chi connectivity index (χ2v) is 8.46. The molecule has 1 amide bonds. The number of hydrogen-bond acceptors (Lipinski definition) is 6. The summed E-state index contributed by atoms with van der Waals surface area (Å²) in [5.74, 6) is 0.197. The fourth-order valence-corrected chi connectivity index (χ4v) is 4.19. The normalized spacial score (nSPS) is 10.8. The monoisotopic (exact) mass is 444 g/mol. The summed E-state index contributed by atoms with van der Waals surface area (Å²) < 4.78 is 1.70. The van der Waals surface area contributed by atoms with Crippen LogP contribution in [0.25, 0.3) is 5.69 Å². The van der Waals surface area contributed by atoms with Gasteiger partial charge in [0.15, 0.2) is 10.9 Å². The molecule has 0 atom stereocenters. The van der Waals surface area contributed by atoms with E-state index in [-0.39, 0.29) is 5.91 Å². The number of thioether (sulfide) groups is 1. The highest BCUT2D eigenvalue weighted by atomic mass is 32.2. The molecule has 0 fully saturated rings. The van der Waals surface area contributed by atoms with E-state index in [1.165, 1.54) is 17.3 Å². The number of aryl methyl sites for hydroxylation is 3. The molecule has 8 heteroatoms. The van der Waals surface area contributed by atoms with Gasteiger partial charge in [0.2, 0.25) is 0 Å². The van der Waals surface area contributed by atoms with Gasteiger partial charge in [-0.2, -0.15) is 0 Å². The lowest BCUT2D eigenvalue weighted by Gasteiger charge is -2.09. The van der Waals surface area contributed by atoms with E-state index in [4.69, 9.17) is 0 Å². The summed E-state index contributed by atoms with van der Waals surface area (Å²) in [4.78, 5) is 22.0. The van der Waals surface area contributed by atoms with Gasteiger partial charge < -0.3 is 5.32 Å². The molecule has 0 spiro atoms. The van der Waals surface area contributed by atoms with Crippen LogP contribution >= 0.6 is 11.8 Å². The molecular weight excluding hydrogens is 420 g/mol. The number of rotatable bonds is 7. The summed E-state index contributed by atoms with van der Waals surface area (Å²) in [6.07, 6.45) is 0. The van der Waals surface area contributed by atoms with Crippen LogP contribution in [0, 0.1) is 20.8 Å². The predicted molar refractivity (Wildman–Crippen MR) is 125 cm³/mol. The molecule has 2 heterocycles. The van der Waals surface area contributed by atoms with Crippen molar-refractivity contribution in [2.45, 2.75) is 38.2 Å². The van der Waals surface area contributed by atoms with Gasteiger partial charge in [0, 0.05) is 23.7 Å². The molecule has 162 valence electrons. The number of carbonyl (C=O) groups is 1. The highest BCUT2D eigenvalue weighted by molar-refractivity contribution is 7.98. The Kier molecular flexibility index (Phi) is 6.61. The van der Waals surface area contributed by atoms with Crippen molar-refractivity contribution in [2.24, 2.45) is 0 Å². The minimum atomic E-state index is -0.260. The Balaban J connectivity index is 1.59. The van der Waals surface area contributed by atoms with Crippen molar-refractivity contribution in [1.82, 2.24) is 30.3 Å². The molecule has 32 heavy (non-hydrogen) atoms. The fraction of sp³-hybridized carbons (Fsp3) is 0.208. The average Bonchev–Trinajstić information content (AvgIpc) is 3.21. The zero-order chi connectivity index (χ0) is 22.5. The van der Waals surface area contributed by atoms with Crippen molar-refractivity contribution < 1.29 is 4.79 Å². The molecule has 1 N–H and O–H groups in total. The van der Waals surface area contributed by atoms with E-state index in [0.717, 1.165) is 22.6 Å². The SMILES string of the molecule is Cc1ccc(CNC(=O)c2nnn(-c3ccccc3)c2CSc2nc(C)cc(C)n2)cc1. The van der Waals surface area contributed by atoms with Crippen LogP contribution in [0.2, 0.25) is 0 Å². The summed E-state index contributed by atoms with van der Waals surface area (Å²) in [5, 5.41) is 12.1. The quantitative estimate of drug-likeness (QED) is 0.340. The number of nitrogens with zero attached hydrogens (tertiary/aromatic N) is 5. The van der Waals surface area contributed by atoms with Crippen LogP contribution in [0.15, 0.2) is 65.8 Å². The summed E-state index contributed by atoms with van der Waals surface area (Å²) in [7, 11) is 0. The Morgan fingerprint density at radius 3 is 2.34 bits per heavy atom. The largest absolute Gasteiger partial charge is 0.347 e. The van der Waals surface area contributed by atoms with E-state index < -0.39 is 0 Å². The van der Waals surface area contributed by atoms with E-state index in [0.29, 0.717) is 28.8 Å². The lowest BCUT2D eigenvalue weighted by atomic mass is 10.1. The smallest absolute Gasteiger partial charge is 0.274 e. The molecule has 0 aliphatic carbocycles. The number of hydrogen-bond donors (Lipinski definition) is 1. The van der Waals surface area contributed by atoms with Crippen molar-refractivity contribution in [1.29, 1.82) is 0 Å². The van der Waals surface area contributed by atoms with Gasteiger partial charge in [-0.15, -0.1) is 5.10 Å². The zero-order valence-electron chi connectivity index (χ0n) is 18.2. The molecule has 2 aromatic carbocycles. The Bertz CT molecular complexity index is 1200. The van der Waals surface area contributed by atoms with Gasteiger partial charge >= 0.3 is 0 Å². The van der Waals surface area contributed by atoms with Crippen LogP contribution in [0.1, 0.15) is 38.7 Å². The molecule has 0 aliphatic rings. The minimum Gasteiger partial charge on any atom is -0.347 e. The third kappa shape index (κ3) is 5.20. The van der Waals surface area contributed by atoms with Crippen LogP contribution in [0.5, 0.6) is 0 Å². The number of carbonyl (C=O) groups excluding carboxylic acids is 1. The Morgan fingerprint density at radius 2 is 1.66 bits per heavy atom. The van der Waals surface area contributed by atoms with Gasteiger partial charge in [0.25, 0.3) is 5.91 Å². The number of amides is 1. The lowest BCUT2D eigenvalue weighted by molar-refractivity contribution is 0.0945. The second kappa shape index (κ2) is 9.74. The van der Waals surface area contributed by atoms with E-state index in [9.17, 15) is 4.79 Å².